The van der Waals surface area contributed by atoms with Crippen molar-refractivity contribution in [1.82, 2.24) is 0 Å². The Kier molecular flexibility index (Phi) is 2.48. The number of hydrogen-bond donors (Lipinski definition) is 1. The summed E-state index contributed by atoms with van der Waals surface area (Å²) in [6.07, 6.45) is 0.656. The van der Waals surface area contributed by atoms with Gasteiger partial charge >= 0.3 is 0 Å². The second-order valence-corrected chi connectivity index (χ2v) is 3.94. The zero-order valence-electron chi connectivity index (χ0n) is 7.39. The SMILES string of the molecule is NCCc1csc2c(F)cc(F)cc12. The van der Waals surface area contributed by atoms with Gasteiger partial charge in [-0.1, -0.05) is 0 Å². The molecular weight excluding hydrogens is 204 g/mol. The Bertz CT molecular complexity index is 464. The van der Waals surface area contributed by atoms with Crippen LogP contribution in [0.3, 0.4) is 0 Å². The van der Waals surface area contributed by atoms with E-state index in [2.05, 4.69) is 0 Å². The number of thiophene rings is 1. The van der Waals surface area contributed by atoms with Gasteiger partial charge in [-0.15, -0.1) is 11.3 Å². The number of benzene rings is 1. The van der Waals surface area contributed by atoms with Crippen molar-refractivity contribution in [3.63, 3.8) is 0 Å². The molecule has 0 radical (unpaired) electrons. The summed E-state index contributed by atoms with van der Waals surface area (Å²) < 4.78 is 26.7. The maximum atomic E-state index is 13.2. The molecule has 14 heavy (non-hydrogen) atoms. The van der Waals surface area contributed by atoms with E-state index < -0.39 is 11.6 Å². The minimum Gasteiger partial charge on any atom is -0.330 e. The molecule has 1 nitrogen and oxygen atoms in total. The van der Waals surface area contributed by atoms with Gasteiger partial charge in [0, 0.05) is 11.5 Å². The van der Waals surface area contributed by atoms with E-state index in [1.54, 1.807) is 0 Å². The minimum atomic E-state index is -0.535. The third-order valence-electron chi connectivity index (χ3n) is 2.09. The molecule has 0 spiro atoms. The summed E-state index contributed by atoms with van der Waals surface area (Å²) in [6, 6.07) is 2.27. The largest absolute Gasteiger partial charge is 0.330 e. The van der Waals surface area contributed by atoms with E-state index in [0.29, 0.717) is 23.1 Å². The van der Waals surface area contributed by atoms with Gasteiger partial charge in [0.15, 0.2) is 0 Å². The topological polar surface area (TPSA) is 26.0 Å². The minimum absolute atomic E-state index is 0.490. The van der Waals surface area contributed by atoms with E-state index >= 15 is 0 Å². The van der Waals surface area contributed by atoms with Crippen molar-refractivity contribution in [2.45, 2.75) is 6.42 Å². The highest BCUT2D eigenvalue weighted by molar-refractivity contribution is 7.17. The summed E-state index contributed by atoms with van der Waals surface area (Å²) in [5.41, 5.74) is 6.33. The standard InChI is InChI=1S/C10H9F2NS/c11-7-3-8-6(1-2-13)5-14-10(8)9(12)4-7/h3-5H,1-2,13H2. The molecule has 2 N–H and O–H groups in total. The first kappa shape index (κ1) is 9.55. The van der Waals surface area contributed by atoms with Crippen LogP contribution in [-0.4, -0.2) is 6.54 Å². The van der Waals surface area contributed by atoms with E-state index in [1.165, 1.54) is 17.4 Å². The van der Waals surface area contributed by atoms with Crippen molar-refractivity contribution in [1.29, 1.82) is 0 Å². The smallest absolute Gasteiger partial charge is 0.143 e. The Labute approximate surface area is 84.2 Å². The van der Waals surface area contributed by atoms with E-state index in [1.807, 2.05) is 5.38 Å². The van der Waals surface area contributed by atoms with Crippen LogP contribution in [0.5, 0.6) is 0 Å². The van der Waals surface area contributed by atoms with Gasteiger partial charge in [-0.2, -0.15) is 0 Å². The lowest BCUT2D eigenvalue weighted by atomic mass is 10.1. The van der Waals surface area contributed by atoms with Crippen molar-refractivity contribution >= 4 is 21.4 Å². The van der Waals surface area contributed by atoms with E-state index in [-0.39, 0.29) is 0 Å². The van der Waals surface area contributed by atoms with E-state index in [9.17, 15) is 8.78 Å². The van der Waals surface area contributed by atoms with Gasteiger partial charge < -0.3 is 5.73 Å². The lowest BCUT2D eigenvalue weighted by Gasteiger charge is -1.97. The average molecular weight is 213 g/mol. The van der Waals surface area contributed by atoms with Crippen LogP contribution < -0.4 is 5.73 Å². The van der Waals surface area contributed by atoms with E-state index in [0.717, 1.165) is 11.6 Å². The van der Waals surface area contributed by atoms with Crippen LogP contribution in [0.1, 0.15) is 5.56 Å². The Morgan fingerprint density at radius 2 is 2.07 bits per heavy atom. The van der Waals surface area contributed by atoms with Crippen LogP contribution in [0.15, 0.2) is 17.5 Å². The number of fused-ring (bicyclic) bond motifs is 1. The molecule has 0 aliphatic carbocycles. The molecule has 1 heterocycles. The van der Waals surface area contributed by atoms with Gasteiger partial charge in [0.2, 0.25) is 0 Å². The van der Waals surface area contributed by atoms with Gasteiger partial charge in [-0.05, 0) is 30.0 Å². The first-order valence-electron chi connectivity index (χ1n) is 4.27. The first-order valence-corrected chi connectivity index (χ1v) is 5.15. The van der Waals surface area contributed by atoms with Crippen molar-refractivity contribution in [3.8, 4) is 0 Å². The van der Waals surface area contributed by atoms with Gasteiger partial charge in [-0.3, -0.25) is 0 Å². The van der Waals surface area contributed by atoms with Crippen molar-refractivity contribution in [2.75, 3.05) is 6.54 Å². The molecule has 1 aromatic heterocycles. The molecule has 0 atom stereocenters. The van der Waals surface area contributed by atoms with Crippen LogP contribution in [-0.2, 0) is 6.42 Å². The van der Waals surface area contributed by atoms with Crippen LogP contribution >= 0.6 is 11.3 Å². The van der Waals surface area contributed by atoms with E-state index in [4.69, 9.17) is 5.73 Å². The van der Waals surface area contributed by atoms with Gasteiger partial charge in [0.1, 0.15) is 11.6 Å². The van der Waals surface area contributed by atoms with Gasteiger partial charge in [0.25, 0.3) is 0 Å². The highest BCUT2D eigenvalue weighted by Gasteiger charge is 2.09. The summed E-state index contributed by atoms with van der Waals surface area (Å²) in [7, 11) is 0. The third-order valence-corrected chi connectivity index (χ3v) is 3.14. The molecule has 74 valence electrons. The fourth-order valence-electron chi connectivity index (χ4n) is 1.46. The Hall–Kier alpha value is -1.00. The quantitative estimate of drug-likeness (QED) is 0.815. The summed E-state index contributed by atoms with van der Waals surface area (Å²) in [6.45, 7) is 0.490. The number of nitrogens with two attached hydrogens (primary N) is 1. The molecular formula is C10H9F2NS. The number of rotatable bonds is 2. The molecule has 2 aromatic rings. The lowest BCUT2D eigenvalue weighted by Crippen LogP contribution is -2.01. The van der Waals surface area contributed by atoms with Crippen LogP contribution in [0, 0.1) is 11.6 Å². The molecule has 2 rings (SSSR count). The molecule has 0 unspecified atom stereocenters. The number of hydrogen-bond acceptors (Lipinski definition) is 2. The summed E-state index contributed by atoms with van der Waals surface area (Å²) >= 11 is 1.29. The highest BCUT2D eigenvalue weighted by atomic mass is 32.1. The zero-order chi connectivity index (χ0) is 10.1. The van der Waals surface area contributed by atoms with Crippen molar-refractivity contribution < 1.29 is 8.78 Å². The molecule has 0 aliphatic heterocycles. The third kappa shape index (κ3) is 1.51. The van der Waals surface area contributed by atoms with Crippen LogP contribution in [0.4, 0.5) is 8.78 Å². The average Bonchev–Trinajstić information content (AvgIpc) is 2.49. The lowest BCUT2D eigenvalue weighted by molar-refractivity contribution is 0.593. The van der Waals surface area contributed by atoms with Crippen molar-refractivity contribution in [2.24, 2.45) is 5.73 Å². The maximum Gasteiger partial charge on any atom is 0.143 e. The second kappa shape index (κ2) is 3.63. The van der Waals surface area contributed by atoms with Crippen LogP contribution in [0.2, 0.25) is 0 Å². The first-order chi connectivity index (χ1) is 6.72. The summed E-state index contributed by atoms with van der Waals surface area (Å²) in [5.74, 6) is -1.03. The normalized spacial score (nSPS) is 11.1. The van der Waals surface area contributed by atoms with Crippen molar-refractivity contribution in [3.05, 3.63) is 34.7 Å². The molecule has 4 heteroatoms. The monoisotopic (exact) mass is 213 g/mol. The van der Waals surface area contributed by atoms with Gasteiger partial charge in [-0.25, -0.2) is 8.78 Å². The fraction of sp³-hybridized carbons (Fsp3) is 0.200. The summed E-state index contributed by atoms with van der Waals surface area (Å²) in [4.78, 5) is 0. The molecule has 0 saturated heterocycles. The highest BCUT2D eigenvalue weighted by Crippen LogP contribution is 2.29. The Morgan fingerprint density at radius 3 is 2.79 bits per heavy atom. The molecule has 1 aromatic carbocycles. The molecule has 0 saturated carbocycles. The summed E-state index contributed by atoms with van der Waals surface area (Å²) in [5, 5.41) is 2.48. The Balaban J connectivity index is 2.66. The predicted octanol–water partition coefficient (Wildman–Crippen LogP) is 2.68. The molecule has 0 aliphatic rings. The fourth-order valence-corrected chi connectivity index (χ4v) is 2.45. The molecule has 0 amide bonds. The number of halogens is 2. The second-order valence-electron chi connectivity index (χ2n) is 3.06. The molecule has 0 fully saturated rings. The zero-order valence-corrected chi connectivity index (χ0v) is 8.20. The molecule has 0 bridgehead atoms. The predicted molar refractivity (Wildman–Crippen MR) is 54.5 cm³/mol. The maximum absolute atomic E-state index is 13.2. The Morgan fingerprint density at radius 1 is 1.29 bits per heavy atom. The van der Waals surface area contributed by atoms with Crippen LogP contribution in [0.25, 0.3) is 10.1 Å². The van der Waals surface area contributed by atoms with Gasteiger partial charge in [0.05, 0.1) is 4.70 Å².